The number of fused-ring (bicyclic) bond motifs is 2. The Hall–Kier alpha value is -2.22. The number of alkyl halides is 2. The number of ether oxygens (including phenoxy) is 2. The van der Waals surface area contributed by atoms with E-state index in [0.717, 1.165) is 18.5 Å². The molecule has 3 fully saturated rings. The number of hydrogen-bond acceptors (Lipinski definition) is 4. The molecule has 134 valence electrons. The number of aromatic nitrogens is 2. The number of halogens is 2. The van der Waals surface area contributed by atoms with Crippen LogP contribution in [0.5, 0.6) is 5.75 Å². The molecule has 1 unspecified atom stereocenters. The van der Waals surface area contributed by atoms with Crippen LogP contribution >= 0.6 is 0 Å². The number of rotatable bonds is 5. The molecule has 6 nitrogen and oxygen atoms in total. The molecule has 0 aromatic carbocycles. The maximum absolute atomic E-state index is 12.8. The van der Waals surface area contributed by atoms with Crippen LogP contribution in [0.25, 0.3) is 5.65 Å². The van der Waals surface area contributed by atoms with E-state index < -0.39 is 18.5 Å². The highest BCUT2D eigenvalue weighted by Gasteiger charge is 2.61. The Labute approximate surface area is 142 Å². The summed E-state index contributed by atoms with van der Waals surface area (Å²) in [7, 11) is 0. The van der Waals surface area contributed by atoms with Gasteiger partial charge in [0.1, 0.15) is 17.0 Å². The summed E-state index contributed by atoms with van der Waals surface area (Å²) in [5.41, 5.74) is 0.886. The van der Waals surface area contributed by atoms with Crippen LogP contribution in [0.3, 0.4) is 0 Å². The first-order valence-electron chi connectivity index (χ1n) is 8.07. The quantitative estimate of drug-likeness (QED) is 0.896. The second-order valence-corrected chi connectivity index (χ2v) is 7.28. The van der Waals surface area contributed by atoms with Crippen LogP contribution in [0, 0.1) is 0 Å². The topological polar surface area (TPSA) is 73.1 Å². The van der Waals surface area contributed by atoms with E-state index in [1.807, 2.05) is 0 Å². The van der Waals surface area contributed by atoms with Crippen LogP contribution in [-0.4, -0.2) is 45.2 Å². The lowest BCUT2D eigenvalue weighted by Gasteiger charge is -2.41. The first-order valence-corrected chi connectivity index (χ1v) is 8.07. The van der Waals surface area contributed by atoms with E-state index in [1.165, 1.54) is 19.2 Å². The molecule has 1 atom stereocenters. The SMILES string of the molecule is CC(Oc1cc2nc(C34COC(C)(C3)C4)cn2cc1C(=O)O)C(F)F. The molecule has 3 aliphatic rings. The molecule has 4 heterocycles. The summed E-state index contributed by atoms with van der Waals surface area (Å²) in [6.45, 7) is 3.85. The van der Waals surface area contributed by atoms with Crippen LogP contribution in [0.15, 0.2) is 18.5 Å². The Morgan fingerprint density at radius 3 is 2.72 bits per heavy atom. The molecular weight excluding hydrogens is 334 g/mol. The van der Waals surface area contributed by atoms with E-state index in [0.29, 0.717) is 12.3 Å². The second-order valence-electron chi connectivity index (χ2n) is 7.28. The molecule has 0 radical (unpaired) electrons. The fourth-order valence-electron chi connectivity index (χ4n) is 3.93. The Bertz CT molecular complexity index is 858. The maximum Gasteiger partial charge on any atom is 0.341 e. The van der Waals surface area contributed by atoms with Crippen molar-refractivity contribution in [2.24, 2.45) is 0 Å². The van der Waals surface area contributed by atoms with Crippen molar-refractivity contribution in [3.05, 3.63) is 29.7 Å². The van der Waals surface area contributed by atoms with Gasteiger partial charge < -0.3 is 19.0 Å². The lowest BCUT2D eigenvalue weighted by atomic mass is 9.62. The minimum absolute atomic E-state index is 0.0943. The summed E-state index contributed by atoms with van der Waals surface area (Å²) in [6.07, 6.45) is 0.769. The van der Waals surface area contributed by atoms with E-state index in [2.05, 4.69) is 11.9 Å². The van der Waals surface area contributed by atoms with E-state index in [1.54, 1.807) is 10.6 Å². The number of imidazole rings is 1. The maximum atomic E-state index is 12.8. The summed E-state index contributed by atoms with van der Waals surface area (Å²) in [4.78, 5) is 16.0. The van der Waals surface area contributed by atoms with Crippen molar-refractivity contribution in [2.75, 3.05) is 6.61 Å². The third-order valence-electron chi connectivity index (χ3n) is 5.12. The van der Waals surface area contributed by atoms with Crippen LogP contribution < -0.4 is 4.74 Å². The summed E-state index contributed by atoms with van der Waals surface area (Å²) >= 11 is 0. The number of nitrogens with zero attached hydrogens (tertiary/aromatic N) is 2. The summed E-state index contributed by atoms with van der Waals surface area (Å²) < 4.78 is 38.0. The molecule has 2 aliphatic heterocycles. The standard InChI is InChI=1S/C17H18F2N2O4/c1-9(14(18)19)25-11-3-13-20-12(5-21(13)4-10(11)15(22)23)17-6-16(2,7-17)24-8-17/h3-5,9,14H,6-8H2,1-2H3,(H,22,23). The average molecular weight is 352 g/mol. The van der Waals surface area contributed by atoms with Gasteiger partial charge in [-0.05, 0) is 26.7 Å². The molecule has 1 aliphatic carbocycles. The van der Waals surface area contributed by atoms with Gasteiger partial charge in [-0.15, -0.1) is 0 Å². The average Bonchev–Trinajstić information content (AvgIpc) is 3.16. The zero-order chi connectivity index (χ0) is 18.0. The van der Waals surface area contributed by atoms with Crippen LogP contribution in [0.1, 0.15) is 42.7 Å². The predicted molar refractivity (Wildman–Crippen MR) is 83.5 cm³/mol. The number of aromatic carboxylic acids is 1. The highest BCUT2D eigenvalue weighted by Crippen LogP contribution is 2.58. The highest BCUT2D eigenvalue weighted by molar-refractivity contribution is 5.91. The Morgan fingerprint density at radius 1 is 1.44 bits per heavy atom. The number of carboxylic acid groups (broad SMARTS) is 1. The lowest BCUT2D eigenvalue weighted by Crippen LogP contribution is -2.45. The van der Waals surface area contributed by atoms with Gasteiger partial charge in [0.05, 0.1) is 17.9 Å². The fraction of sp³-hybridized carbons (Fsp3) is 0.529. The zero-order valence-electron chi connectivity index (χ0n) is 13.8. The molecule has 0 spiro atoms. The number of carbonyl (C=O) groups is 1. The molecule has 2 saturated heterocycles. The normalized spacial score (nSPS) is 29.0. The van der Waals surface area contributed by atoms with Gasteiger partial charge >= 0.3 is 5.97 Å². The number of carboxylic acids is 1. The van der Waals surface area contributed by atoms with Gasteiger partial charge in [-0.2, -0.15) is 0 Å². The van der Waals surface area contributed by atoms with Crippen LogP contribution in [-0.2, 0) is 10.2 Å². The Balaban J connectivity index is 1.74. The van der Waals surface area contributed by atoms with Gasteiger partial charge in [0, 0.05) is 23.9 Å². The predicted octanol–water partition coefficient (Wildman–Crippen LogP) is 2.89. The zero-order valence-corrected chi connectivity index (χ0v) is 13.8. The molecule has 5 rings (SSSR count). The Kier molecular flexibility index (Phi) is 3.34. The fourth-order valence-corrected chi connectivity index (χ4v) is 3.93. The summed E-state index contributed by atoms with van der Waals surface area (Å²) in [5, 5.41) is 9.37. The number of hydrogen-bond donors (Lipinski definition) is 1. The molecule has 2 aromatic heterocycles. The van der Waals surface area contributed by atoms with Crippen molar-refractivity contribution in [3.63, 3.8) is 0 Å². The third-order valence-corrected chi connectivity index (χ3v) is 5.12. The van der Waals surface area contributed by atoms with Gasteiger partial charge in [0.25, 0.3) is 6.43 Å². The first kappa shape index (κ1) is 16.3. The van der Waals surface area contributed by atoms with Gasteiger partial charge in [-0.3, -0.25) is 0 Å². The van der Waals surface area contributed by atoms with E-state index >= 15 is 0 Å². The smallest absolute Gasteiger partial charge is 0.341 e. The van der Waals surface area contributed by atoms with Crippen LogP contribution in [0.2, 0.25) is 0 Å². The molecule has 2 bridgehead atoms. The minimum atomic E-state index is -2.71. The molecule has 2 aromatic rings. The van der Waals surface area contributed by atoms with E-state index in [4.69, 9.17) is 9.47 Å². The van der Waals surface area contributed by atoms with Gasteiger partial charge in [-0.1, -0.05) is 0 Å². The molecule has 1 saturated carbocycles. The van der Waals surface area contributed by atoms with Crippen LogP contribution in [0.4, 0.5) is 8.78 Å². The first-order chi connectivity index (χ1) is 11.7. The molecule has 0 amide bonds. The summed E-state index contributed by atoms with van der Waals surface area (Å²) in [6, 6.07) is 1.40. The summed E-state index contributed by atoms with van der Waals surface area (Å²) in [5.74, 6) is -1.35. The monoisotopic (exact) mass is 352 g/mol. The second kappa shape index (κ2) is 5.14. The van der Waals surface area contributed by atoms with Gasteiger partial charge in [0.15, 0.2) is 6.10 Å². The van der Waals surface area contributed by atoms with Crippen molar-refractivity contribution in [2.45, 2.75) is 50.2 Å². The van der Waals surface area contributed by atoms with E-state index in [9.17, 15) is 18.7 Å². The van der Waals surface area contributed by atoms with Crippen molar-refractivity contribution in [1.29, 1.82) is 0 Å². The van der Waals surface area contributed by atoms with Crippen molar-refractivity contribution >= 4 is 11.6 Å². The third kappa shape index (κ3) is 2.47. The molecule has 1 N–H and O–H groups in total. The van der Waals surface area contributed by atoms with Gasteiger partial charge in [0.2, 0.25) is 0 Å². The Morgan fingerprint density at radius 2 is 2.16 bits per heavy atom. The highest BCUT2D eigenvalue weighted by atomic mass is 19.3. The van der Waals surface area contributed by atoms with Crippen molar-refractivity contribution < 1.29 is 28.2 Å². The van der Waals surface area contributed by atoms with E-state index in [-0.39, 0.29) is 22.3 Å². The minimum Gasteiger partial charge on any atom is -0.484 e. The van der Waals surface area contributed by atoms with Gasteiger partial charge in [-0.25, -0.2) is 18.6 Å². The van der Waals surface area contributed by atoms with Crippen molar-refractivity contribution in [3.8, 4) is 5.75 Å². The largest absolute Gasteiger partial charge is 0.484 e. The molecular formula is C17H18F2N2O4. The number of pyridine rings is 1. The molecule has 8 heteroatoms. The van der Waals surface area contributed by atoms with Crippen molar-refractivity contribution in [1.82, 2.24) is 9.38 Å². The molecule has 25 heavy (non-hydrogen) atoms. The lowest BCUT2D eigenvalue weighted by molar-refractivity contribution is 0.0154.